The summed E-state index contributed by atoms with van der Waals surface area (Å²) < 4.78 is 0. The fraction of sp³-hybridized carbons (Fsp3) is 0.632. The third kappa shape index (κ3) is 2.80. The number of hydrogen-bond acceptors (Lipinski definition) is 2. The van der Waals surface area contributed by atoms with Gasteiger partial charge in [-0.05, 0) is 56.1 Å². The van der Waals surface area contributed by atoms with Crippen LogP contribution in [0.15, 0.2) is 24.3 Å². The zero-order chi connectivity index (χ0) is 16.0. The molecule has 2 nitrogen and oxygen atoms in total. The first-order chi connectivity index (χ1) is 10.3. The summed E-state index contributed by atoms with van der Waals surface area (Å²) in [5.74, 6) is 1.69. The van der Waals surface area contributed by atoms with Crippen LogP contribution in [0.1, 0.15) is 52.0 Å². The maximum absolute atomic E-state index is 12.5. The number of thioether (sulfide) groups is 1. The maximum atomic E-state index is 12.5. The summed E-state index contributed by atoms with van der Waals surface area (Å²) in [6, 6.07) is 8.44. The third-order valence-electron chi connectivity index (χ3n) is 5.41. The van der Waals surface area contributed by atoms with Gasteiger partial charge in [0, 0.05) is 5.69 Å². The minimum absolute atomic E-state index is 0.00803. The lowest BCUT2D eigenvalue weighted by Crippen LogP contribution is -2.48. The van der Waals surface area contributed by atoms with Crippen molar-refractivity contribution in [2.75, 3.05) is 10.7 Å². The van der Waals surface area contributed by atoms with Gasteiger partial charge in [0.15, 0.2) is 0 Å². The highest BCUT2D eigenvalue weighted by Crippen LogP contribution is 2.52. The summed E-state index contributed by atoms with van der Waals surface area (Å²) in [5, 5.41) is 0. The molecule has 0 unspecified atom stereocenters. The highest BCUT2D eigenvalue weighted by Gasteiger charge is 2.49. The molecule has 1 amide bonds. The molecule has 120 valence electrons. The lowest BCUT2D eigenvalue weighted by Gasteiger charge is -2.45. The van der Waals surface area contributed by atoms with Gasteiger partial charge in [-0.2, -0.15) is 0 Å². The number of amides is 1. The molecule has 1 saturated carbocycles. The van der Waals surface area contributed by atoms with Gasteiger partial charge < -0.3 is 0 Å². The van der Waals surface area contributed by atoms with Crippen molar-refractivity contribution in [2.24, 2.45) is 11.3 Å². The Morgan fingerprint density at radius 3 is 2.27 bits per heavy atom. The third-order valence-corrected chi connectivity index (χ3v) is 6.92. The Bertz CT molecular complexity index is 550. The molecule has 1 aromatic carbocycles. The van der Waals surface area contributed by atoms with Crippen molar-refractivity contribution in [3.8, 4) is 0 Å². The van der Waals surface area contributed by atoms with Crippen LogP contribution in [0.25, 0.3) is 0 Å². The first kappa shape index (κ1) is 15.9. The van der Waals surface area contributed by atoms with E-state index in [1.54, 1.807) is 0 Å². The predicted octanol–water partition coefficient (Wildman–Crippen LogP) is 5.01. The molecule has 0 aromatic heterocycles. The minimum atomic E-state index is 0.00803. The Kier molecular flexibility index (Phi) is 4.05. The molecule has 2 aliphatic rings. The summed E-state index contributed by atoms with van der Waals surface area (Å²) in [7, 11) is 0. The van der Waals surface area contributed by atoms with Gasteiger partial charge in [-0.1, -0.05) is 38.5 Å². The lowest BCUT2D eigenvalue weighted by molar-refractivity contribution is -0.116. The van der Waals surface area contributed by atoms with Crippen molar-refractivity contribution in [3.63, 3.8) is 0 Å². The second-order valence-electron chi connectivity index (χ2n) is 7.94. The highest BCUT2D eigenvalue weighted by molar-refractivity contribution is 8.02. The van der Waals surface area contributed by atoms with Crippen LogP contribution in [0.2, 0.25) is 0 Å². The molecule has 1 aliphatic heterocycles. The van der Waals surface area contributed by atoms with Gasteiger partial charge in [0.05, 0.1) is 10.6 Å². The number of anilines is 1. The van der Waals surface area contributed by atoms with Gasteiger partial charge in [0.2, 0.25) is 5.91 Å². The summed E-state index contributed by atoms with van der Waals surface area (Å²) in [6.07, 6.45) is 4.71. The van der Waals surface area contributed by atoms with Crippen molar-refractivity contribution in [3.05, 3.63) is 29.8 Å². The van der Waals surface area contributed by atoms with Crippen molar-refractivity contribution in [1.29, 1.82) is 0 Å². The number of hydrogen-bond donors (Lipinski definition) is 0. The zero-order valence-electron chi connectivity index (χ0n) is 14.2. The van der Waals surface area contributed by atoms with Crippen molar-refractivity contribution in [2.45, 2.75) is 58.2 Å². The van der Waals surface area contributed by atoms with E-state index in [9.17, 15) is 4.79 Å². The summed E-state index contributed by atoms with van der Waals surface area (Å²) >= 11 is 1.87. The molecule has 2 fully saturated rings. The molecule has 0 N–H and O–H groups in total. The summed E-state index contributed by atoms with van der Waals surface area (Å²) in [4.78, 5) is 14.6. The van der Waals surface area contributed by atoms with Crippen LogP contribution in [0.4, 0.5) is 5.69 Å². The predicted molar refractivity (Wildman–Crippen MR) is 95.3 cm³/mol. The average molecular weight is 317 g/mol. The van der Waals surface area contributed by atoms with E-state index in [2.05, 4.69) is 56.9 Å². The molecule has 22 heavy (non-hydrogen) atoms. The van der Waals surface area contributed by atoms with Crippen molar-refractivity contribution >= 4 is 23.4 Å². The van der Waals surface area contributed by atoms with E-state index in [4.69, 9.17) is 0 Å². The molecule has 1 aliphatic carbocycles. The average Bonchev–Trinajstić information content (AvgIpc) is 2.77. The van der Waals surface area contributed by atoms with Gasteiger partial charge in [0.1, 0.15) is 0 Å². The first-order valence-corrected chi connectivity index (χ1v) is 9.34. The van der Waals surface area contributed by atoms with Gasteiger partial charge in [-0.3, -0.25) is 9.69 Å². The fourth-order valence-corrected chi connectivity index (χ4v) is 5.31. The Morgan fingerprint density at radius 2 is 1.73 bits per heavy atom. The smallest absolute Gasteiger partial charge is 0.238 e. The Hall–Kier alpha value is -0.960. The van der Waals surface area contributed by atoms with Crippen molar-refractivity contribution in [1.82, 2.24) is 0 Å². The molecule has 0 atom stereocenters. The number of aryl methyl sites for hydroxylation is 1. The monoisotopic (exact) mass is 317 g/mol. The number of nitrogens with zero attached hydrogens (tertiary/aromatic N) is 1. The molecule has 1 heterocycles. The molecule has 1 spiro atoms. The summed E-state index contributed by atoms with van der Waals surface area (Å²) in [6.45, 7) is 9.13. The second-order valence-corrected chi connectivity index (χ2v) is 9.28. The van der Waals surface area contributed by atoms with E-state index >= 15 is 0 Å². The molecular weight excluding hydrogens is 290 g/mol. The van der Waals surface area contributed by atoms with E-state index in [1.807, 2.05) is 11.8 Å². The van der Waals surface area contributed by atoms with Crippen LogP contribution in [-0.2, 0) is 4.79 Å². The van der Waals surface area contributed by atoms with Gasteiger partial charge in [-0.25, -0.2) is 0 Å². The molecular formula is C19H27NOS. The van der Waals surface area contributed by atoms with E-state index in [0.717, 1.165) is 24.4 Å². The lowest BCUT2D eigenvalue weighted by atomic mass is 9.71. The van der Waals surface area contributed by atoms with Crippen LogP contribution in [0.5, 0.6) is 0 Å². The number of benzene rings is 1. The van der Waals surface area contributed by atoms with Crippen molar-refractivity contribution < 1.29 is 4.79 Å². The maximum Gasteiger partial charge on any atom is 0.238 e. The fourth-order valence-electron chi connectivity index (χ4n) is 3.93. The SMILES string of the molecule is Cc1ccc(N2C(=O)CSC23CCC(C(C)(C)C)CC3)cc1. The van der Waals surface area contributed by atoms with E-state index in [0.29, 0.717) is 11.2 Å². The van der Waals surface area contributed by atoms with Gasteiger partial charge >= 0.3 is 0 Å². The van der Waals surface area contributed by atoms with E-state index in [-0.39, 0.29) is 10.8 Å². The summed E-state index contributed by atoms with van der Waals surface area (Å²) in [5.41, 5.74) is 2.70. The number of carbonyl (C=O) groups excluding carboxylic acids is 1. The molecule has 1 aromatic rings. The normalized spacial score (nSPS) is 29.4. The molecule has 3 heteroatoms. The largest absolute Gasteiger partial charge is 0.297 e. The Balaban J connectivity index is 1.84. The van der Waals surface area contributed by atoms with Crippen LogP contribution < -0.4 is 4.90 Å². The highest BCUT2D eigenvalue weighted by atomic mass is 32.2. The number of carbonyl (C=O) groups is 1. The minimum Gasteiger partial charge on any atom is -0.297 e. The Morgan fingerprint density at radius 1 is 1.14 bits per heavy atom. The standard InChI is InChI=1S/C19H27NOS/c1-14-5-7-16(8-6-14)20-17(21)13-22-19(20)11-9-15(10-12-19)18(2,3)4/h5-8,15H,9-13H2,1-4H3. The van der Waals surface area contributed by atoms with Crippen LogP contribution in [0.3, 0.4) is 0 Å². The van der Waals surface area contributed by atoms with Crippen LogP contribution >= 0.6 is 11.8 Å². The Labute approximate surface area is 138 Å². The topological polar surface area (TPSA) is 20.3 Å². The molecule has 0 radical (unpaired) electrons. The van der Waals surface area contributed by atoms with Crippen LogP contribution in [-0.4, -0.2) is 16.5 Å². The van der Waals surface area contributed by atoms with E-state index < -0.39 is 0 Å². The molecule has 3 rings (SSSR count). The zero-order valence-corrected chi connectivity index (χ0v) is 15.0. The molecule has 1 saturated heterocycles. The van der Waals surface area contributed by atoms with E-state index in [1.165, 1.54) is 18.4 Å². The number of rotatable bonds is 1. The van der Waals surface area contributed by atoms with Gasteiger partial charge in [0.25, 0.3) is 0 Å². The quantitative estimate of drug-likeness (QED) is 0.726. The second kappa shape index (κ2) is 5.59. The van der Waals surface area contributed by atoms with Crippen LogP contribution in [0, 0.1) is 18.3 Å². The molecule has 0 bridgehead atoms. The van der Waals surface area contributed by atoms with Gasteiger partial charge in [-0.15, -0.1) is 11.8 Å². The first-order valence-electron chi connectivity index (χ1n) is 8.35.